The van der Waals surface area contributed by atoms with Crippen LogP contribution in [0.1, 0.15) is 66.3 Å². The lowest BCUT2D eigenvalue weighted by Gasteiger charge is -2.28. The van der Waals surface area contributed by atoms with Crippen LogP contribution in [0.4, 0.5) is 0 Å². The van der Waals surface area contributed by atoms with E-state index in [0.717, 1.165) is 5.92 Å². The average Bonchev–Trinajstić information content (AvgIpc) is 2.62. The molecule has 1 aromatic rings. The van der Waals surface area contributed by atoms with Crippen LogP contribution in [0.25, 0.3) is 0 Å². The minimum Gasteiger partial charge on any atom is -0.312 e. The highest BCUT2D eigenvalue weighted by atomic mass is 32.1. The van der Waals surface area contributed by atoms with E-state index < -0.39 is 0 Å². The molecule has 0 aromatic carbocycles. The number of rotatable bonds is 3. The maximum atomic E-state index is 3.60. The van der Waals surface area contributed by atoms with Crippen molar-refractivity contribution < 1.29 is 0 Å². The smallest absolute Gasteiger partial charge is 0.0443 e. The standard InChI is InChI=1S/C16H27NS/c1-12-11-13(2)18-16(12)15(17-3)14-9-7-5-4-6-8-10-14/h11,14-15,17H,4-10H2,1-3H3. The van der Waals surface area contributed by atoms with Crippen molar-refractivity contribution in [2.45, 2.75) is 64.8 Å². The lowest BCUT2D eigenvalue weighted by atomic mass is 9.84. The van der Waals surface area contributed by atoms with Crippen LogP contribution in [0.3, 0.4) is 0 Å². The van der Waals surface area contributed by atoms with Gasteiger partial charge in [0.1, 0.15) is 0 Å². The molecule has 1 atom stereocenters. The first-order valence-corrected chi connectivity index (χ1v) is 8.28. The summed E-state index contributed by atoms with van der Waals surface area (Å²) in [6.07, 6.45) is 9.99. The third kappa shape index (κ3) is 3.36. The molecule has 1 N–H and O–H groups in total. The molecule has 0 radical (unpaired) electrons. The van der Waals surface area contributed by atoms with Crippen molar-refractivity contribution >= 4 is 11.3 Å². The Labute approximate surface area is 116 Å². The average molecular weight is 265 g/mol. The highest BCUT2D eigenvalue weighted by Gasteiger charge is 2.24. The van der Waals surface area contributed by atoms with Crippen LogP contribution in [-0.4, -0.2) is 7.05 Å². The van der Waals surface area contributed by atoms with E-state index in [9.17, 15) is 0 Å². The van der Waals surface area contributed by atoms with Crippen LogP contribution in [-0.2, 0) is 0 Å². The van der Waals surface area contributed by atoms with Gasteiger partial charge in [-0.2, -0.15) is 0 Å². The van der Waals surface area contributed by atoms with Gasteiger partial charge in [-0.1, -0.05) is 32.1 Å². The Morgan fingerprint density at radius 3 is 2.22 bits per heavy atom. The predicted molar refractivity (Wildman–Crippen MR) is 81.4 cm³/mol. The third-order valence-electron chi connectivity index (χ3n) is 4.29. The monoisotopic (exact) mass is 265 g/mol. The van der Waals surface area contributed by atoms with E-state index in [1.165, 1.54) is 55.4 Å². The van der Waals surface area contributed by atoms with Crippen molar-refractivity contribution in [3.8, 4) is 0 Å². The second-order valence-electron chi connectivity index (χ2n) is 5.78. The molecule has 1 fully saturated rings. The first kappa shape index (κ1) is 14.1. The molecule has 102 valence electrons. The Hall–Kier alpha value is -0.340. The summed E-state index contributed by atoms with van der Waals surface area (Å²) in [5, 5.41) is 3.60. The topological polar surface area (TPSA) is 12.0 Å². The highest BCUT2D eigenvalue weighted by molar-refractivity contribution is 7.12. The summed E-state index contributed by atoms with van der Waals surface area (Å²) in [7, 11) is 2.14. The lowest BCUT2D eigenvalue weighted by Crippen LogP contribution is -2.25. The Morgan fingerprint density at radius 1 is 1.11 bits per heavy atom. The van der Waals surface area contributed by atoms with E-state index in [0.29, 0.717) is 6.04 Å². The number of hydrogen-bond donors (Lipinski definition) is 1. The molecule has 0 spiro atoms. The summed E-state index contributed by atoms with van der Waals surface area (Å²) in [4.78, 5) is 3.04. The minimum absolute atomic E-state index is 0.585. The molecular formula is C16H27NS. The molecule has 1 saturated carbocycles. The Balaban J connectivity index is 2.13. The first-order valence-electron chi connectivity index (χ1n) is 7.46. The van der Waals surface area contributed by atoms with E-state index in [1.54, 1.807) is 4.88 Å². The molecule has 1 unspecified atom stereocenters. The van der Waals surface area contributed by atoms with Gasteiger partial charge in [0.15, 0.2) is 0 Å². The van der Waals surface area contributed by atoms with Crippen molar-refractivity contribution in [2.75, 3.05) is 7.05 Å². The first-order chi connectivity index (χ1) is 8.72. The van der Waals surface area contributed by atoms with Gasteiger partial charge in [0.25, 0.3) is 0 Å². The Kier molecular flexibility index (Phi) is 5.25. The van der Waals surface area contributed by atoms with E-state index in [-0.39, 0.29) is 0 Å². The van der Waals surface area contributed by atoms with Crippen molar-refractivity contribution in [3.05, 3.63) is 21.4 Å². The number of aryl methyl sites for hydroxylation is 2. The van der Waals surface area contributed by atoms with Crippen LogP contribution in [0.2, 0.25) is 0 Å². The summed E-state index contributed by atoms with van der Waals surface area (Å²) >= 11 is 1.99. The highest BCUT2D eigenvalue weighted by Crippen LogP contribution is 2.37. The van der Waals surface area contributed by atoms with Crippen LogP contribution in [0.5, 0.6) is 0 Å². The van der Waals surface area contributed by atoms with Gasteiger partial charge in [-0.25, -0.2) is 0 Å². The summed E-state index contributed by atoms with van der Waals surface area (Å²) in [5.41, 5.74) is 1.49. The normalized spacial score (nSPS) is 20.4. The van der Waals surface area contributed by atoms with E-state index >= 15 is 0 Å². The maximum absolute atomic E-state index is 3.60. The summed E-state index contributed by atoms with van der Waals surface area (Å²) < 4.78 is 0. The maximum Gasteiger partial charge on any atom is 0.0443 e. The second kappa shape index (κ2) is 6.72. The van der Waals surface area contributed by atoms with Gasteiger partial charge in [0, 0.05) is 15.8 Å². The molecule has 1 aliphatic rings. The fourth-order valence-corrected chi connectivity index (χ4v) is 4.61. The molecule has 2 rings (SSSR count). The quantitative estimate of drug-likeness (QED) is 0.812. The van der Waals surface area contributed by atoms with Gasteiger partial charge >= 0.3 is 0 Å². The number of hydrogen-bond acceptors (Lipinski definition) is 2. The molecule has 0 saturated heterocycles. The van der Waals surface area contributed by atoms with Crippen LogP contribution in [0.15, 0.2) is 6.07 Å². The van der Waals surface area contributed by atoms with Crippen LogP contribution in [0, 0.1) is 19.8 Å². The molecule has 0 amide bonds. The summed E-state index contributed by atoms with van der Waals surface area (Å²) in [5.74, 6) is 0.840. The summed E-state index contributed by atoms with van der Waals surface area (Å²) in [6, 6.07) is 2.93. The third-order valence-corrected chi connectivity index (χ3v) is 5.53. The van der Waals surface area contributed by atoms with Gasteiger partial charge in [0.05, 0.1) is 0 Å². The molecule has 1 aromatic heterocycles. The number of nitrogens with one attached hydrogen (secondary N) is 1. The van der Waals surface area contributed by atoms with Crippen LogP contribution >= 0.6 is 11.3 Å². The zero-order valence-electron chi connectivity index (χ0n) is 12.1. The molecule has 0 bridgehead atoms. The van der Waals surface area contributed by atoms with E-state index in [1.807, 2.05) is 11.3 Å². The molecule has 1 aliphatic carbocycles. The van der Waals surface area contributed by atoms with Gasteiger partial charge in [-0.3, -0.25) is 0 Å². The molecule has 1 heterocycles. The SMILES string of the molecule is CNC(c1sc(C)cc1C)C1CCCCCCC1. The lowest BCUT2D eigenvalue weighted by molar-refractivity contribution is 0.302. The largest absolute Gasteiger partial charge is 0.312 e. The predicted octanol–water partition coefficient (Wildman–Crippen LogP) is 4.99. The summed E-state index contributed by atoms with van der Waals surface area (Å²) in [6.45, 7) is 4.50. The molecule has 1 nitrogen and oxygen atoms in total. The zero-order valence-corrected chi connectivity index (χ0v) is 12.9. The Bertz CT molecular complexity index is 361. The van der Waals surface area contributed by atoms with Crippen molar-refractivity contribution in [1.82, 2.24) is 5.32 Å². The minimum atomic E-state index is 0.585. The van der Waals surface area contributed by atoms with Gasteiger partial charge < -0.3 is 5.32 Å². The Morgan fingerprint density at radius 2 is 1.72 bits per heavy atom. The number of thiophene rings is 1. The van der Waals surface area contributed by atoms with Gasteiger partial charge in [-0.15, -0.1) is 11.3 Å². The van der Waals surface area contributed by atoms with Gasteiger partial charge in [-0.05, 0) is 51.3 Å². The van der Waals surface area contributed by atoms with Crippen molar-refractivity contribution in [2.24, 2.45) is 5.92 Å². The fourth-order valence-electron chi connectivity index (χ4n) is 3.37. The molecule has 2 heteroatoms. The molecule has 0 aliphatic heterocycles. The molecular weight excluding hydrogens is 238 g/mol. The van der Waals surface area contributed by atoms with Gasteiger partial charge in [0.2, 0.25) is 0 Å². The zero-order chi connectivity index (χ0) is 13.0. The molecule has 18 heavy (non-hydrogen) atoms. The fraction of sp³-hybridized carbons (Fsp3) is 0.750. The van der Waals surface area contributed by atoms with E-state index in [2.05, 4.69) is 32.3 Å². The second-order valence-corrected chi connectivity index (χ2v) is 7.06. The van der Waals surface area contributed by atoms with Crippen molar-refractivity contribution in [1.29, 1.82) is 0 Å². The van der Waals surface area contributed by atoms with Crippen LogP contribution < -0.4 is 5.32 Å². The van der Waals surface area contributed by atoms with Crippen molar-refractivity contribution in [3.63, 3.8) is 0 Å². The van der Waals surface area contributed by atoms with E-state index in [4.69, 9.17) is 0 Å².